The van der Waals surface area contributed by atoms with Crippen molar-refractivity contribution in [1.29, 1.82) is 0 Å². The lowest BCUT2D eigenvalue weighted by Gasteiger charge is -2.09. The number of anilines is 1. The van der Waals surface area contributed by atoms with Crippen molar-refractivity contribution in [1.82, 2.24) is 0 Å². The highest BCUT2D eigenvalue weighted by Crippen LogP contribution is 2.24. The first-order chi connectivity index (χ1) is 10.6. The number of para-hydroxylation sites is 2. The van der Waals surface area contributed by atoms with Crippen LogP contribution in [0, 0.1) is 0 Å². The summed E-state index contributed by atoms with van der Waals surface area (Å²) in [6.45, 7) is 2.43. The smallest absolute Gasteiger partial charge is 0.248 e. The molecule has 0 bridgehead atoms. The maximum atomic E-state index is 12.0. The number of halogens is 2. The molecular formula is C17H15Cl2NO2. The van der Waals surface area contributed by atoms with Gasteiger partial charge in [-0.1, -0.05) is 41.4 Å². The van der Waals surface area contributed by atoms with Crippen molar-refractivity contribution >= 4 is 40.9 Å². The predicted octanol–water partition coefficient (Wildman–Crippen LogP) is 5.04. The average molecular weight is 336 g/mol. The molecule has 114 valence electrons. The van der Waals surface area contributed by atoms with E-state index < -0.39 is 0 Å². The van der Waals surface area contributed by atoms with Gasteiger partial charge in [0, 0.05) is 6.08 Å². The van der Waals surface area contributed by atoms with E-state index in [2.05, 4.69) is 5.32 Å². The van der Waals surface area contributed by atoms with E-state index in [9.17, 15) is 4.79 Å². The fourth-order valence-electron chi connectivity index (χ4n) is 1.81. The molecule has 0 fully saturated rings. The van der Waals surface area contributed by atoms with Crippen LogP contribution in [0.4, 0.5) is 5.69 Å². The van der Waals surface area contributed by atoms with Crippen LogP contribution in [0.1, 0.15) is 12.5 Å². The van der Waals surface area contributed by atoms with Gasteiger partial charge in [-0.25, -0.2) is 0 Å². The Balaban J connectivity index is 2.06. The number of carbonyl (C=O) groups is 1. The van der Waals surface area contributed by atoms with Gasteiger partial charge in [0.15, 0.2) is 0 Å². The van der Waals surface area contributed by atoms with Crippen LogP contribution in [0.2, 0.25) is 10.0 Å². The summed E-state index contributed by atoms with van der Waals surface area (Å²) in [4.78, 5) is 12.0. The van der Waals surface area contributed by atoms with Gasteiger partial charge in [0.05, 0.1) is 22.3 Å². The first-order valence-corrected chi connectivity index (χ1v) is 7.51. The van der Waals surface area contributed by atoms with Gasteiger partial charge < -0.3 is 10.1 Å². The molecule has 0 radical (unpaired) electrons. The highest BCUT2D eigenvalue weighted by Gasteiger charge is 2.04. The van der Waals surface area contributed by atoms with Gasteiger partial charge >= 0.3 is 0 Å². The molecule has 0 saturated heterocycles. The minimum atomic E-state index is -0.252. The molecule has 5 heteroatoms. The Morgan fingerprint density at radius 3 is 2.68 bits per heavy atom. The van der Waals surface area contributed by atoms with Crippen LogP contribution in [-0.4, -0.2) is 12.5 Å². The maximum absolute atomic E-state index is 12.0. The number of hydrogen-bond acceptors (Lipinski definition) is 2. The van der Waals surface area contributed by atoms with Gasteiger partial charge in [-0.15, -0.1) is 0 Å². The zero-order valence-electron chi connectivity index (χ0n) is 12.0. The summed E-state index contributed by atoms with van der Waals surface area (Å²) in [6.07, 6.45) is 3.10. The Morgan fingerprint density at radius 2 is 1.95 bits per heavy atom. The van der Waals surface area contributed by atoms with E-state index in [0.717, 1.165) is 5.56 Å². The van der Waals surface area contributed by atoms with Gasteiger partial charge in [0.2, 0.25) is 5.91 Å². The molecule has 0 saturated carbocycles. The third-order valence-electron chi connectivity index (χ3n) is 2.82. The molecule has 0 aliphatic rings. The molecule has 0 heterocycles. The third-order valence-corrected chi connectivity index (χ3v) is 3.55. The molecule has 1 N–H and O–H groups in total. The largest absolute Gasteiger partial charge is 0.492 e. The summed E-state index contributed by atoms with van der Waals surface area (Å²) >= 11 is 11.8. The molecule has 22 heavy (non-hydrogen) atoms. The van der Waals surface area contributed by atoms with E-state index >= 15 is 0 Å². The molecule has 2 rings (SSSR count). The van der Waals surface area contributed by atoms with Crippen LogP contribution in [0.5, 0.6) is 5.75 Å². The van der Waals surface area contributed by atoms with Gasteiger partial charge in [-0.3, -0.25) is 4.79 Å². The lowest BCUT2D eigenvalue weighted by atomic mass is 10.2. The van der Waals surface area contributed by atoms with Gasteiger partial charge in [0.25, 0.3) is 0 Å². The summed E-state index contributed by atoms with van der Waals surface area (Å²) in [5, 5.41) is 3.71. The summed E-state index contributed by atoms with van der Waals surface area (Å²) < 4.78 is 5.46. The summed E-state index contributed by atoms with van der Waals surface area (Å²) in [7, 11) is 0. The number of nitrogens with one attached hydrogen (secondary N) is 1. The van der Waals surface area contributed by atoms with Crippen LogP contribution in [0.25, 0.3) is 6.08 Å². The van der Waals surface area contributed by atoms with Crippen LogP contribution >= 0.6 is 23.2 Å². The Kier molecular flexibility index (Phi) is 5.87. The van der Waals surface area contributed by atoms with Crippen molar-refractivity contribution < 1.29 is 9.53 Å². The molecule has 3 nitrogen and oxygen atoms in total. The number of hydrogen-bond donors (Lipinski definition) is 1. The normalized spacial score (nSPS) is 10.7. The highest BCUT2D eigenvalue weighted by atomic mass is 35.5. The minimum absolute atomic E-state index is 0.252. The quantitative estimate of drug-likeness (QED) is 0.777. The third kappa shape index (κ3) is 4.52. The summed E-state index contributed by atoms with van der Waals surface area (Å²) in [5.41, 5.74) is 1.43. The van der Waals surface area contributed by atoms with Gasteiger partial charge in [0.1, 0.15) is 5.75 Å². The van der Waals surface area contributed by atoms with E-state index in [-0.39, 0.29) is 5.91 Å². The second-order valence-corrected chi connectivity index (χ2v) is 5.24. The Bertz CT molecular complexity index is 699. The summed E-state index contributed by atoms with van der Waals surface area (Å²) in [6, 6.07) is 12.4. The molecule has 0 unspecified atom stereocenters. The fourth-order valence-corrected chi connectivity index (χ4v) is 2.12. The molecule has 0 aromatic heterocycles. The van der Waals surface area contributed by atoms with Crippen molar-refractivity contribution in [2.45, 2.75) is 6.92 Å². The molecule has 0 aliphatic carbocycles. The number of carbonyl (C=O) groups excluding carboxylic acids is 1. The lowest BCUT2D eigenvalue weighted by Crippen LogP contribution is -2.09. The van der Waals surface area contributed by atoms with Crippen LogP contribution in [0.15, 0.2) is 48.5 Å². The maximum Gasteiger partial charge on any atom is 0.248 e. The average Bonchev–Trinajstić information content (AvgIpc) is 2.51. The molecular weight excluding hydrogens is 321 g/mol. The Hall–Kier alpha value is -1.97. The van der Waals surface area contributed by atoms with Crippen molar-refractivity contribution in [2.75, 3.05) is 11.9 Å². The monoisotopic (exact) mass is 335 g/mol. The zero-order chi connectivity index (χ0) is 15.9. The second kappa shape index (κ2) is 7.87. The summed E-state index contributed by atoms with van der Waals surface area (Å²) in [5.74, 6) is 0.388. The number of amides is 1. The number of ether oxygens (including phenoxy) is 1. The lowest BCUT2D eigenvalue weighted by molar-refractivity contribution is -0.111. The van der Waals surface area contributed by atoms with E-state index in [4.69, 9.17) is 27.9 Å². The van der Waals surface area contributed by atoms with Crippen molar-refractivity contribution in [3.05, 3.63) is 64.1 Å². The first-order valence-electron chi connectivity index (χ1n) is 6.76. The van der Waals surface area contributed by atoms with Crippen molar-refractivity contribution in [3.63, 3.8) is 0 Å². The first kappa shape index (κ1) is 16.4. The Morgan fingerprint density at radius 1 is 1.18 bits per heavy atom. The van der Waals surface area contributed by atoms with Gasteiger partial charge in [-0.2, -0.15) is 0 Å². The van der Waals surface area contributed by atoms with E-state index in [1.165, 1.54) is 6.08 Å². The highest BCUT2D eigenvalue weighted by molar-refractivity contribution is 6.42. The van der Waals surface area contributed by atoms with E-state index in [1.54, 1.807) is 30.3 Å². The molecule has 0 aliphatic heterocycles. The van der Waals surface area contributed by atoms with Crippen LogP contribution in [0.3, 0.4) is 0 Å². The number of rotatable bonds is 5. The van der Waals surface area contributed by atoms with E-state index in [0.29, 0.717) is 28.1 Å². The zero-order valence-corrected chi connectivity index (χ0v) is 13.5. The minimum Gasteiger partial charge on any atom is -0.492 e. The standard InChI is InChI=1S/C17H15Cl2NO2/c1-2-22-16-6-4-3-5-15(16)20-17(21)10-8-12-7-9-13(18)14(19)11-12/h3-11H,2H2,1H3,(H,20,21)/b10-8+. The van der Waals surface area contributed by atoms with Gasteiger partial charge in [-0.05, 0) is 42.8 Å². The molecule has 0 atom stereocenters. The van der Waals surface area contributed by atoms with Crippen molar-refractivity contribution in [3.8, 4) is 5.75 Å². The molecule has 1 amide bonds. The Labute approximate surface area is 139 Å². The number of benzene rings is 2. The molecule has 0 spiro atoms. The molecule has 2 aromatic rings. The SMILES string of the molecule is CCOc1ccccc1NC(=O)/C=C/c1ccc(Cl)c(Cl)c1. The van der Waals surface area contributed by atoms with Crippen LogP contribution in [-0.2, 0) is 4.79 Å². The molecule has 2 aromatic carbocycles. The second-order valence-electron chi connectivity index (χ2n) is 4.43. The van der Waals surface area contributed by atoms with Crippen molar-refractivity contribution in [2.24, 2.45) is 0 Å². The van der Waals surface area contributed by atoms with E-state index in [1.807, 2.05) is 25.1 Å². The fraction of sp³-hybridized carbons (Fsp3) is 0.118. The van der Waals surface area contributed by atoms with Crippen LogP contribution < -0.4 is 10.1 Å². The topological polar surface area (TPSA) is 38.3 Å². The predicted molar refractivity (Wildman–Crippen MR) is 91.7 cm³/mol.